The lowest BCUT2D eigenvalue weighted by molar-refractivity contribution is 0.321. The number of hydrogen-bond acceptors (Lipinski definition) is 5. The molecule has 0 amide bonds. The van der Waals surface area contributed by atoms with Gasteiger partial charge in [0.25, 0.3) is 0 Å². The summed E-state index contributed by atoms with van der Waals surface area (Å²) in [5.74, 6) is 0.903. The van der Waals surface area contributed by atoms with E-state index in [1.54, 1.807) is 11.3 Å². The van der Waals surface area contributed by atoms with E-state index in [2.05, 4.69) is 40.2 Å². The average Bonchev–Trinajstić information content (AvgIpc) is 2.76. The molecule has 0 bridgehead atoms. The highest BCUT2D eigenvalue weighted by Crippen LogP contribution is 2.15. The molecule has 0 saturated heterocycles. The van der Waals surface area contributed by atoms with Crippen LogP contribution in [0.2, 0.25) is 0 Å². The number of anilines is 1. The molecule has 18 heavy (non-hydrogen) atoms. The molecule has 5 heteroatoms. The predicted molar refractivity (Wildman–Crippen MR) is 75.8 cm³/mol. The summed E-state index contributed by atoms with van der Waals surface area (Å²) in [5.41, 5.74) is 4.26. The second kappa shape index (κ2) is 5.93. The number of pyridine rings is 1. The minimum atomic E-state index is 0.897. The Balaban J connectivity index is 1.94. The van der Waals surface area contributed by atoms with E-state index in [4.69, 9.17) is 0 Å². The Kier molecular flexibility index (Phi) is 4.28. The van der Waals surface area contributed by atoms with Gasteiger partial charge < -0.3 is 5.32 Å². The third kappa shape index (κ3) is 3.27. The summed E-state index contributed by atoms with van der Waals surface area (Å²) in [6, 6.07) is 4.11. The third-order valence-corrected chi connectivity index (χ3v) is 3.71. The van der Waals surface area contributed by atoms with E-state index in [0.717, 1.165) is 24.6 Å². The van der Waals surface area contributed by atoms with Gasteiger partial charge in [-0.3, -0.25) is 4.90 Å². The van der Waals surface area contributed by atoms with E-state index >= 15 is 0 Å². The Morgan fingerprint density at radius 2 is 2.11 bits per heavy atom. The molecule has 0 aliphatic heterocycles. The zero-order chi connectivity index (χ0) is 13.0. The number of aryl methyl sites for hydroxylation is 1. The standard InChI is InChI=1S/C13H18N4S/c1-10-12(18-9-16-10)8-17(3)7-11-4-5-13(14-2)15-6-11/h4-6,9H,7-8H2,1-3H3,(H,14,15). The van der Waals surface area contributed by atoms with Gasteiger partial charge in [-0.1, -0.05) is 6.07 Å². The van der Waals surface area contributed by atoms with E-state index in [-0.39, 0.29) is 0 Å². The molecule has 1 N–H and O–H groups in total. The van der Waals surface area contributed by atoms with Gasteiger partial charge in [-0.2, -0.15) is 0 Å². The minimum absolute atomic E-state index is 0.897. The van der Waals surface area contributed by atoms with Gasteiger partial charge in [0.1, 0.15) is 5.82 Å². The first-order valence-corrected chi connectivity index (χ1v) is 6.77. The van der Waals surface area contributed by atoms with E-state index < -0.39 is 0 Å². The summed E-state index contributed by atoms with van der Waals surface area (Å²) >= 11 is 1.72. The molecule has 4 nitrogen and oxygen atoms in total. The second-order valence-corrected chi connectivity index (χ2v) is 5.27. The summed E-state index contributed by atoms with van der Waals surface area (Å²) in [6.45, 7) is 3.89. The fourth-order valence-corrected chi connectivity index (χ4v) is 2.61. The molecule has 2 rings (SSSR count). The van der Waals surface area contributed by atoms with Gasteiger partial charge in [-0.25, -0.2) is 9.97 Å². The summed E-state index contributed by atoms with van der Waals surface area (Å²) in [7, 11) is 3.99. The normalized spacial score (nSPS) is 10.9. The largest absolute Gasteiger partial charge is 0.373 e. The quantitative estimate of drug-likeness (QED) is 0.899. The molecule has 2 aromatic heterocycles. The Morgan fingerprint density at radius 3 is 2.67 bits per heavy atom. The molecule has 2 aromatic rings. The monoisotopic (exact) mass is 262 g/mol. The van der Waals surface area contributed by atoms with Crippen LogP contribution in [0.15, 0.2) is 23.8 Å². The van der Waals surface area contributed by atoms with Crippen molar-refractivity contribution in [2.75, 3.05) is 19.4 Å². The zero-order valence-corrected chi connectivity index (χ0v) is 11.8. The molecule has 0 radical (unpaired) electrons. The lowest BCUT2D eigenvalue weighted by Crippen LogP contribution is -2.17. The first kappa shape index (κ1) is 13.0. The van der Waals surface area contributed by atoms with Gasteiger partial charge >= 0.3 is 0 Å². The average molecular weight is 262 g/mol. The highest BCUT2D eigenvalue weighted by Gasteiger charge is 2.06. The first-order chi connectivity index (χ1) is 8.69. The summed E-state index contributed by atoms with van der Waals surface area (Å²) in [4.78, 5) is 12.2. The molecule has 0 atom stereocenters. The van der Waals surface area contributed by atoms with Gasteiger partial charge in [-0.05, 0) is 25.6 Å². The van der Waals surface area contributed by atoms with Crippen LogP contribution in [0, 0.1) is 6.92 Å². The fraction of sp³-hybridized carbons (Fsp3) is 0.385. The van der Waals surface area contributed by atoms with Crippen molar-refractivity contribution in [1.82, 2.24) is 14.9 Å². The van der Waals surface area contributed by atoms with Crippen molar-refractivity contribution in [1.29, 1.82) is 0 Å². The van der Waals surface area contributed by atoms with Gasteiger partial charge in [0.05, 0.1) is 11.2 Å². The van der Waals surface area contributed by atoms with Crippen molar-refractivity contribution in [2.45, 2.75) is 20.0 Å². The lowest BCUT2D eigenvalue weighted by atomic mass is 10.2. The maximum absolute atomic E-state index is 4.32. The molecular weight excluding hydrogens is 244 g/mol. The number of nitrogens with one attached hydrogen (secondary N) is 1. The van der Waals surface area contributed by atoms with E-state index in [1.165, 1.54) is 10.4 Å². The molecule has 0 saturated carbocycles. The van der Waals surface area contributed by atoms with Crippen molar-refractivity contribution in [3.8, 4) is 0 Å². The second-order valence-electron chi connectivity index (χ2n) is 4.33. The van der Waals surface area contributed by atoms with Crippen molar-refractivity contribution in [2.24, 2.45) is 0 Å². The van der Waals surface area contributed by atoms with E-state index in [1.807, 2.05) is 24.8 Å². The molecule has 2 heterocycles. The van der Waals surface area contributed by atoms with Crippen LogP contribution in [0.4, 0.5) is 5.82 Å². The number of thiazole rings is 1. The lowest BCUT2D eigenvalue weighted by Gasteiger charge is -2.16. The van der Waals surface area contributed by atoms with Crippen molar-refractivity contribution >= 4 is 17.2 Å². The van der Waals surface area contributed by atoms with E-state index in [0.29, 0.717) is 0 Å². The third-order valence-electron chi connectivity index (χ3n) is 2.79. The number of rotatable bonds is 5. The predicted octanol–water partition coefficient (Wildman–Crippen LogP) is 2.52. The minimum Gasteiger partial charge on any atom is -0.373 e. The Morgan fingerprint density at radius 1 is 1.28 bits per heavy atom. The van der Waals surface area contributed by atoms with Crippen LogP contribution in [-0.4, -0.2) is 29.0 Å². The van der Waals surface area contributed by atoms with Crippen LogP contribution in [-0.2, 0) is 13.1 Å². The molecule has 0 aromatic carbocycles. The number of aromatic nitrogens is 2. The molecule has 0 spiro atoms. The zero-order valence-electron chi connectivity index (χ0n) is 11.0. The van der Waals surface area contributed by atoms with Gasteiger partial charge in [0.15, 0.2) is 0 Å². The topological polar surface area (TPSA) is 41.0 Å². The van der Waals surface area contributed by atoms with Crippen LogP contribution in [0.3, 0.4) is 0 Å². The van der Waals surface area contributed by atoms with E-state index in [9.17, 15) is 0 Å². The van der Waals surface area contributed by atoms with Crippen LogP contribution < -0.4 is 5.32 Å². The molecular formula is C13H18N4S. The van der Waals surface area contributed by atoms with Gasteiger partial charge in [-0.15, -0.1) is 11.3 Å². The van der Waals surface area contributed by atoms with Gasteiger partial charge in [0, 0.05) is 31.2 Å². The molecule has 0 aliphatic carbocycles. The maximum atomic E-state index is 4.32. The van der Waals surface area contributed by atoms with Crippen molar-refractivity contribution < 1.29 is 0 Å². The molecule has 0 fully saturated rings. The highest BCUT2D eigenvalue weighted by molar-refractivity contribution is 7.09. The highest BCUT2D eigenvalue weighted by atomic mass is 32.1. The van der Waals surface area contributed by atoms with Crippen LogP contribution in [0.1, 0.15) is 16.1 Å². The van der Waals surface area contributed by atoms with Gasteiger partial charge in [0.2, 0.25) is 0 Å². The first-order valence-electron chi connectivity index (χ1n) is 5.89. The Hall–Kier alpha value is -1.46. The maximum Gasteiger partial charge on any atom is 0.125 e. The summed E-state index contributed by atoms with van der Waals surface area (Å²) in [5, 5.41) is 3.02. The SMILES string of the molecule is CNc1ccc(CN(C)Cc2scnc2C)cn1. The molecule has 96 valence electrons. The van der Waals surface area contributed by atoms with Crippen LogP contribution >= 0.6 is 11.3 Å². The Bertz CT molecular complexity index is 492. The van der Waals surface area contributed by atoms with Crippen molar-refractivity contribution in [3.63, 3.8) is 0 Å². The molecule has 0 unspecified atom stereocenters. The summed E-state index contributed by atoms with van der Waals surface area (Å²) < 4.78 is 0. The number of hydrogen-bond donors (Lipinski definition) is 1. The van der Waals surface area contributed by atoms with Crippen LogP contribution in [0.25, 0.3) is 0 Å². The van der Waals surface area contributed by atoms with Crippen LogP contribution in [0.5, 0.6) is 0 Å². The molecule has 0 aliphatic rings. The smallest absolute Gasteiger partial charge is 0.125 e. The Labute approximate surface area is 112 Å². The number of nitrogens with zero attached hydrogens (tertiary/aromatic N) is 3. The summed E-state index contributed by atoms with van der Waals surface area (Å²) in [6.07, 6.45) is 1.92. The van der Waals surface area contributed by atoms with Crippen molar-refractivity contribution in [3.05, 3.63) is 40.0 Å². The fourth-order valence-electron chi connectivity index (χ4n) is 1.76.